The lowest BCUT2D eigenvalue weighted by Crippen LogP contribution is -1.93. The molecule has 0 saturated carbocycles. The minimum Gasteiger partial charge on any atom is -0.340 e. The monoisotopic (exact) mass is 304 g/mol. The van der Waals surface area contributed by atoms with Crippen molar-refractivity contribution in [2.75, 3.05) is 0 Å². The van der Waals surface area contributed by atoms with Gasteiger partial charge in [-0.3, -0.25) is 0 Å². The molecule has 1 aliphatic rings. The first-order chi connectivity index (χ1) is 9.65. The van der Waals surface area contributed by atoms with Crippen molar-refractivity contribution in [2.24, 2.45) is 0 Å². The van der Waals surface area contributed by atoms with Crippen molar-refractivity contribution in [1.29, 1.82) is 0 Å². The third kappa shape index (κ3) is 3.25. The molecule has 102 valence electrons. The van der Waals surface area contributed by atoms with E-state index in [1.807, 2.05) is 30.4 Å². The largest absolute Gasteiger partial charge is 0.340 e. The molecule has 20 heavy (non-hydrogen) atoms. The van der Waals surface area contributed by atoms with Crippen LogP contribution < -0.4 is 4.89 Å². The van der Waals surface area contributed by atoms with E-state index in [4.69, 9.17) is 16.9 Å². The van der Waals surface area contributed by atoms with E-state index in [0.29, 0.717) is 10.1 Å². The van der Waals surface area contributed by atoms with E-state index in [1.54, 1.807) is 18.2 Å². The Morgan fingerprint density at radius 1 is 1.25 bits per heavy atom. The van der Waals surface area contributed by atoms with E-state index in [-0.39, 0.29) is 0 Å². The summed E-state index contributed by atoms with van der Waals surface area (Å²) in [6.45, 7) is 7.66. The lowest BCUT2D eigenvalue weighted by atomic mass is 10.1. The summed E-state index contributed by atoms with van der Waals surface area (Å²) in [5.41, 5.74) is 2.74. The van der Waals surface area contributed by atoms with Gasteiger partial charge in [0, 0.05) is 10.5 Å². The highest BCUT2D eigenvalue weighted by Crippen LogP contribution is 2.44. The first-order valence-electron chi connectivity index (χ1n) is 5.85. The summed E-state index contributed by atoms with van der Waals surface area (Å²) in [4.78, 5) is 5.16. The average Bonchev–Trinajstić information content (AvgIpc) is 2.46. The van der Waals surface area contributed by atoms with Crippen molar-refractivity contribution in [1.82, 2.24) is 0 Å². The Morgan fingerprint density at radius 3 is 2.50 bits per heavy atom. The molecule has 1 heterocycles. The quantitative estimate of drug-likeness (QED) is 0.460. The summed E-state index contributed by atoms with van der Waals surface area (Å²) in [6, 6.07) is 7.08. The Labute approximate surface area is 127 Å². The van der Waals surface area contributed by atoms with Crippen molar-refractivity contribution in [3.05, 3.63) is 82.8 Å². The number of allylic oxidation sites excluding steroid dienone is 6. The molecule has 2 nitrogen and oxygen atoms in total. The second-order valence-electron chi connectivity index (χ2n) is 4.03. The molecule has 0 aromatic heterocycles. The lowest BCUT2D eigenvalue weighted by Gasteiger charge is -2.16. The van der Waals surface area contributed by atoms with Gasteiger partial charge in [0.1, 0.15) is 0 Å². The summed E-state index contributed by atoms with van der Waals surface area (Å²) in [5, 5.41) is 8.56. The van der Waals surface area contributed by atoms with Gasteiger partial charge in [0.05, 0.1) is 4.36 Å². The first kappa shape index (κ1) is 14.7. The van der Waals surface area contributed by atoms with Gasteiger partial charge in [0.15, 0.2) is 5.75 Å². The summed E-state index contributed by atoms with van der Waals surface area (Å²) < 4.78 is 0.674. The minimum atomic E-state index is 0.394. The maximum Gasteiger partial charge on any atom is 0.165 e. The van der Waals surface area contributed by atoms with Crippen molar-refractivity contribution in [3.8, 4) is 5.75 Å². The van der Waals surface area contributed by atoms with Gasteiger partial charge < -0.3 is 4.89 Å². The fourth-order valence-corrected chi connectivity index (χ4v) is 3.09. The van der Waals surface area contributed by atoms with Crippen molar-refractivity contribution in [3.63, 3.8) is 0 Å². The standard InChI is InChI=1S/C16H13ClO2S/c1-3-4-5-14-11(2)10-15(20-16(14)17)12-6-8-13(19-18)9-7-12/h3-10,18H,1-2H2/b5-4-. The van der Waals surface area contributed by atoms with Crippen LogP contribution in [0, 0.1) is 0 Å². The second-order valence-corrected chi connectivity index (χ2v) is 5.69. The van der Waals surface area contributed by atoms with Crippen molar-refractivity contribution >= 4 is 28.3 Å². The molecule has 0 spiro atoms. The number of thioether (sulfide) groups is 1. The molecular weight excluding hydrogens is 292 g/mol. The Kier molecular flexibility index (Phi) is 4.90. The molecule has 1 N–H and O–H groups in total. The Balaban J connectivity index is 2.27. The summed E-state index contributed by atoms with van der Waals surface area (Å²) in [7, 11) is 0. The Morgan fingerprint density at radius 2 is 1.95 bits per heavy atom. The highest BCUT2D eigenvalue weighted by Gasteiger charge is 2.16. The Bertz CT molecular complexity index is 624. The van der Waals surface area contributed by atoms with Crippen LogP contribution in [-0.4, -0.2) is 5.26 Å². The molecule has 0 fully saturated rings. The predicted molar refractivity (Wildman–Crippen MR) is 86.6 cm³/mol. The van der Waals surface area contributed by atoms with Gasteiger partial charge >= 0.3 is 0 Å². The van der Waals surface area contributed by atoms with Crippen LogP contribution in [0.2, 0.25) is 0 Å². The van der Waals surface area contributed by atoms with Gasteiger partial charge in [-0.1, -0.05) is 66.9 Å². The smallest absolute Gasteiger partial charge is 0.165 e. The number of hydrogen-bond donors (Lipinski definition) is 1. The molecule has 1 aliphatic heterocycles. The molecule has 0 aliphatic carbocycles. The third-order valence-corrected chi connectivity index (χ3v) is 4.11. The molecular formula is C16H13ClO2S. The van der Waals surface area contributed by atoms with Gasteiger partial charge in [-0.05, 0) is 29.3 Å². The van der Waals surface area contributed by atoms with Crippen LogP contribution in [0.4, 0.5) is 0 Å². The summed E-state index contributed by atoms with van der Waals surface area (Å²) in [6.07, 6.45) is 7.40. The third-order valence-electron chi connectivity index (χ3n) is 2.71. The molecule has 2 rings (SSSR count). The van der Waals surface area contributed by atoms with Gasteiger partial charge in [0.2, 0.25) is 0 Å². The molecule has 1 aromatic rings. The second kappa shape index (κ2) is 6.66. The maximum absolute atomic E-state index is 8.56. The first-order valence-corrected chi connectivity index (χ1v) is 7.04. The molecule has 4 heteroatoms. The zero-order valence-corrected chi connectivity index (χ0v) is 12.2. The molecule has 0 radical (unpaired) electrons. The average molecular weight is 305 g/mol. The van der Waals surface area contributed by atoms with Crippen LogP contribution in [0.5, 0.6) is 5.75 Å². The van der Waals surface area contributed by atoms with Crippen LogP contribution in [0.25, 0.3) is 4.91 Å². The normalized spacial score (nSPS) is 15.5. The maximum atomic E-state index is 8.56. The fraction of sp³-hybridized carbons (Fsp3) is 0. The van der Waals surface area contributed by atoms with Crippen molar-refractivity contribution in [2.45, 2.75) is 0 Å². The minimum absolute atomic E-state index is 0.394. The van der Waals surface area contributed by atoms with Gasteiger partial charge in [-0.15, -0.1) is 0 Å². The molecule has 0 saturated heterocycles. The van der Waals surface area contributed by atoms with E-state index in [0.717, 1.165) is 21.6 Å². The zero-order valence-electron chi connectivity index (χ0n) is 10.7. The predicted octanol–water partition coefficient (Wildman–Crippen LogP) is 5.37. The zero-order chi connectivity index (χ0) is 14.5. The van der Waals surface area contributed by atoms with Crippen LogP contribution in [-0.2, 0) is 0 Å². The highest BCUT2D eigenvalue weighted by molar-refractivity contribution is 8.13. The number of benzene rings is 1. The van der Waals surface area contributed by atoms with Gasteiger partial charge in [0.25, 0.3) is 0 Å². The molecule has 0 bridgehead atoms. The fourth-order valence-electron chi connectivity index (χ4n) is 1.70. The molecule has 1 aromatic carbocycles. The van der Waals surface area contributed by atoms with Crippen LogP contribution in [0.1, 0.15) is 5.56 Å². The van der Waals surface area contributed by atoms with Crippen LogP contribution >= 0.6 is 23.4 Å². The number of rotatable bonds is 4. The summed E-state index contributed by atoms with van der Waals surface area (Å²) >= 11 is 7.78. The van der Waals surface area contributed by atoms with E-state index >= 15 is 0 Å². The van der Waals surface area contributed by atoms with Crippen molar-refractivity contribution < 1.29 is 10.1 Å². The van der Waals surface area contributed by atoms with E-state index in [2.05, 4.69) is 18.0 Å². The summed E-state index contributed by atoms with van der Waals surface area (Å²) in [5.74, 6) is 0.394. The topological polar surface area (TPSA) is 29.5 Å². The van der Waals surface area contributed by atoms with Gasteiger partial charge in [-0.25, -0.2) is 5.26 Å². The van der Waals surface area contributed by atoms with Crippen LogP contribution in [0.15, 0.2) is 77.2 Å². The van der Waals surface area contributed by atoms with E-state index < -0.39 is 0 Å². The van der Waals surface area contributed by atoms with E-state index in [9.17, 15) is 0 Å². The van der Waals surface area contributed by atoms with E-state index in [1.165, 1.54) is 11.8 Å². The highest BCUT2D eigenvalue weighted by atomic mass is 35.5. The number of halogens is 1. The SMILES string of the molecule is C=C/C=C\C1=C(Cl)SC(c2ccc(OO)cc2)=CC1=C. The van der Waals surface area contributed by atoms with Gasteiger partial charge in [-0.2, -0.15) is 0 Å². The molecule has 0 atom stereocenters. The van der Waals surface area contributed by atoms with Crippen LogP contribution in [0.3, 0.4) is 0 Å². The Hall–Kier alpha value is -1.68. The molecule has 0 amide bonds. The molecule has 0 unspecified atom stereocenters. The lowest BCUT2D eigenvalue weighted by molar-refractivity contribution is -0.137. The number of hydrogen-bond acceptors (Lipinski definition) is 3.